The highest BCUT2D eigenvalue weighted by Gasteiger charge is 2.55. The number of benzene rings is 1. The molecule has 1 saturated heterocycles. The number of amides is 2. The van der Waals surface area contributed by atoms with Crippen LogP contribution in [0.5, 0.6) is 0 Å². The van der Waals surface area contributed by atoms with Crippen molar-refractivity contribution in [2.75, 3.05) is 4.90 Å². The molecule has 1 aliphatic heterocycles. The largest absolute Gasteiger partial charge is 0.299 e. The number of hydrogen-bond donors (Lipinski definition) is 0. The SMILES string of the molecule is Cc1ccc2cc(N3C(=O)C4=C5CCC(C(=O)C5)C4C3=O)ccc2n1. The zero-order valence-corrected chi connectivity index (χ0v) is 13.8. The number of rotatable bonds is 1. The number of ketones is 1. The third-order valence-electron chi connectivity index (χ3n) is 5.64. The molecule has 0 N–H and O–H groups in total. The maximum Gasteiger partial charge on any atom is 0.261 e. The molecule has 2 unspecified atom stereocenters. The van der Waals surface area contributed by atoms with Crippen LogP contribution in [0, 0.1) is 18.8 Å². The van der Waals surface area contributed by atoms with Crippen molar-refractivity contribution in [3.63, 3.8) is 0 Å². The molecular formula is C20H16N2O3. The molecule has 5 nitrogen and oxygen atoms in total. The number of anilines is 1. The van der Waals surface area contributed by atoms with Crippen molar-refractivity contribution in [2.45, 2.75) is 26.2 Å². The minimum Gasteiger partial charge on any atom is -0.299 e. The quantitative estimate of drug-likeness (QED) is 0.753. The number of aryl methyl sites for hydroxylation is 1. The van der Waals surface area contributed by atoms with Crippen LogP contribution < -0.4 is 4.90 Å². The van der Waals surface area contributed by atoms with Crippen LogP contribution in [0.3, 0.4) is 0 Å². The molecule has 6 rings (SSSR count). The van der Waals surface area contributed by atoms with Gasteiger partial charge in [0.1, 0.15) is 5.78 Å². The first-order valence-electron chi connectivity index (χ1n) is 8.55. The number of pyridine rings is 1. The number of carbonyl (C=O) groups excluding carboxylic acids is 3. The van der Waals surface area contributed by atoms with E-state index in [1.54, 1.807) is 6.07 Å². The maximum atomic E-state index is 13.0. The van der Waals surface area contributed by atoms with E-state index in [0.717, 1.165) is 28.6 Å². The van der Waals surface area contributed by atoms with Gasteiger partial charge in [0.25, 0.3) is 5.91 Å². The second-order valence-electron chi connectivity index (χ2n) is 7.09. The van der Waals surface area contributed by atoms with Crippen molar-refractivity contribution >= 4 is 34.2 Å². The van der Waals surface area contributed by atoms with Crippen molar-refractivity contribution in [2.24, 2.45) is 11.8 Å². The minimum atomic E-state index is -0.565. The molecule has 2 aromatic rings. The summed E-state index contributed by atoms with van der Waals surface area (Å²) < 4.78 is 0. The smallest absolute Gasteiger partial charge is 0.261 e. The van der Waals surface area contributed by atoms with Gasteiger partial charge in [-0.25, -0.2) is 4.90 Å². The third kappa shape index (κ3) is 1.89. The van der Waals surface area contributed by atoms with Gasteiger partial charge in [0.2, 0.25) is 5.91 Å². The summed E-state index contributed by atoms with van der Waals surface area (Å²) in [7, 11) is 0. The molecule has 4 aliphatic rings. The molecule has 2 bridgehead atoms. The molecule has 124 valence electrons. The van der Waals surface area contributed by atoms with Gasteiger partial charge < -0.3 is 0 Å². The summed E-state index contributed by atoms with van der Waals surface area (Å²) in [5.41, 5.74) is 3.76. The van der Waals surface area contributed by atoms with Crippen molar-refractivity contribution < 1.29 is 14.4 Å². The lowest BCUT2D eigenvalue weighted by molar-refractivity contribution is -0.131. The van der Waals surface area contributed by atoms with E-state index in [4.69, 9.17) is 0 Å². The number of allylic oxidation sites excluding steroid dienone is 1. The summed E-state index contributed by atoms with van der Waals surface area (Å²) >= 11 is 0. The van der Waals surface area contributed by atoms with Crippen LogP contribution in [0.25, 0.3) is 10.9 Å². The molecule has 5 heteroatoms. The molecule has 1 aromatic heterocycles. The third-order valence-corrected chi connectivity index (χ3v) is 5.64. The highest BCUT2D eigenvalue weighted by Crippen LogP contribution is 2.48. The van der Waals surface area contributed by atoms with Crippen molar-refractivity contribution in [3.8, 4) is 0 Å². The monoisotopic (exact) mass is 332 g/mol. The van der Waals surface area contributed by atoms with Gasteiger partial charge in [-0.2, -0.15) is 0 Å². The molecule has 2 atom stereocenters. The van der Waals surface area contributed by atoms with Gasteiger partial charge in [-0.3, -0.25) is 19.4 Å². The molecule has 0 spiro atoms. The average molecular weight is 332 g/mol. The summed E-state index contributed by atoms with van der Waals surface area (Å²) in [6.07, 6.45) is 1.79. The van der Waals surface area contributed by atoms with Gasteiger partial charge in [-0.05, 0) is 44.0 Å². The van der Waals surface area contributed by atoms with Gasteiger partial charge in [-0.15, -0.1) is 0 Å². The van der Waals surface area contributed by atoms with E-state index in [2.05, 4.69) is 4.98 Å². The molecule has 2 fully saturated rings. The number of hydrogen-bond acceptors (Lipinski definition) is 4. The molecular weight excluding hydrogens is 316 g/mol. The van der Waals surface area contributed by atoms with Crippen LogP contribution in [0.4, 0.5) is 5.69 Å². The average Bonchev–Trinajstić information content (AvgIpc) is 2.88. The van der Waals surface area contributed by atoms with Crippen molar-refractivity contribution in [3.05, 3.63) is 47.2 Å². The number of fused-ring (bicyclic) bond motifs is 3. The number of Topliss-reactive ketones (excluding diaryl/α,β-unsaturated/α-hetero) is 1. The Labute approximate surface area is 144 Å². The molecule has 2 amide bonds. The Morgan fingerprint density at radius 2 is 1.96 bits per heavy atom. The standard InChI is InChI=1S/C20H16N2O3/c1-10-2-3-11-8-13(5-7-15(11)21-10)22-19(24)17-12-4-6-14(16(23)9-12)18(17)20(22)25/h2-3,5,7-8,14,18H,4,6,9H2,1H3. The first-order valence-corrected chi connectivity index (χ1v) is 8.55. The zero-order chi connectivity index (χ0) is 17.3. The van der Waals surface area contributed by atoms with E-state index in [9.17, 15) is 14.4 Å². The van der Waals surface area contributed by atoms with E-state index < -0.39 is 5.92 Å². The minimum absolute atomic E-state index is 0.108. The van der Waals surface area contributed by atoms with E-state index in [-0.39, 0.29) is 23.5 Å². The fourth-order valence-corrected chi connectivity index (χ4v) is 4.46. The Morgan fingerprint density at radius 3 is 2.76 bits per heavy atom. The van der Waals surface area contributed by atoms with Gasteiger partial charge in [0, 0.05) is 29.0 Å². The summed E-state index contributed by atoms with van der Waals surface area (Å²) in [6, 6.07) is 9.26. The van der Waals surface area contributed by atoms with E-state index in [1.807, 2.05) is 31.2 Å². The van der Waals surface area contributed by atoms with Crippen molar-refractivity contribution in [1.29, 1.82) is 0 Å². The lowest BCUT2D eigenvalue weighted by Crippen LogP contribution is -2.38. The van der Waals surface area contributed by atoms with E-state index in [0.29, 0.717) is 24.1 Å². The normalized spacial score (nSPS) is 25.3. The topological polar surface area (TPSA) is 67.3 Å². The Balaban J connectivity index is 1.63. The highest BCUT2D eigenvalue weighted by molar-refractivity contribution is 6.31. The van der Waals surface area contributed by atoms with E-state index >= 15 is 0 Å². The Morgan fingerprint density at radius 1 is 1.12 bits per heavy atom. The number of carbonyl (C=O) groups is 3. The summed E-state index contributed by atoms with van der Waals surface area (Å²) in [5, 5.41) is 0.885. The second-order valence-corrected chi connectivity index (χ2v) is 7.09. The number of aromatic nitrogens is 1. The summed E-state index contributed by atoms with van der Waals surface area (Å²) in [6.45, 7) is 1.92. The Kier molecular flexibility index (Phi) is 2.82. The molecule has 1 aromatic carbocycles. The van der Waals surface area contributed by atoms with Gasteiger partial charge in [0.05, 0.1) is 17.1 Å². The van der Waals surface area contributed by atoms with Crippen LogP contribution in [0.2, 0.25) is 0 Å². The highest BCUT2D eigenvalue weighted by atomic mass is 16.2. The van der Waals surface area contributed by atoms with Crippen LogP contribution in [-0.4, -0.2) is 22.6 Å². The fraction of sp³-hybridized carbons (Fsp3) is 0.300. The van der Waals surface area contributed by atoms with Crippen LogP contribution in [-0.2, 0) is 14.4 Å². The number of nitrogens with zero attached hydrogens (tertiary/aromatic N) is 2. The van der Waals surface area contributed by atoms with Gasteiger partial charge >= 0.3 is 0 Å². The van der Waals surface area contributed by atoms with Crippen LogP contribution in [0.1, 0.15) is 25.0 Å². The molecule has 0 radical (unpaired) electrons. The van der Waals surface area contributed by atoms with Crippen molar-refractivity contribution in [1.82, 2.24) is 4.98 Å². The molecule has 1 saturated carbocycles. The lowest BCUT2D eigenvalue weighted by atomic mass is 9.67. The number of imide groups is 1. The predicted octanol–water partition coefficient (Wildman–Crippen LogP) is 2.71. The fourth-order valence-electron chi connectivity index (χ4n) is 4.46. The van der Waals surface area contributed by atoms with Crippen LogP contribution in [0.15, 0.2) is 41.5 Å². The van der Waals surface area contributed by atoms with Gasteiger partial charge in [0.15, 0.2) is 0 Å². The zero-order valence-electron chi connectivity index (χ0n) is 13.8. The predicted molar refractivity (Wildman–Crippen MR) is 91.8 cm³/mol. The first kappa shape index (κ1) is 14.5. The summed E-state index contributed by atoms with van der Waals surface area (Å²) in [4.78, 5) is 43.8. The summed E-state index contributed by atoms with van der Waals surface area (Å²) in [5.74, 6) is -1.28. The Bertz CT molecular complexity index is 1020. The van der Waals surface area contributed by atoms with Crippen LogP contribution >= 0.6 is 0 Å². The Hall–Kier alpha value is -2.82. The lowest BCUT2D eigenvalue weighted by Gasteiger charge is -2.33. The maximum absolute atomic E-state index is 13.0. The van der Waals surface area contributed by atoms with Gasteiger partial charge in [-0.1, -0.05) is 11.6 Å². The van der Waals surface area contributed by atoms with E-state index in [1.165, 1.54) is 4.90 Å². The first-order chi connectivity index (χ1) is 12.0. The molecule has 2 heterocycles. The molecule has 25 heavy (non-hydrogen) atoms. The molecule has 3 aliphatic carbocycles. The second kappa shape index (κ2) is 4.85.